The lowest BCUT2D eigenvalue weighted by Crippen LogP contribution is -2.36. The van der Waals surface area contributed by atoms with E-state index in [9.17, 15) is 4.79 Å². The SMILES string of the molecule is CCC1Cc2ccccc2C2(CC2c2ccc3c(/C=C/c4cccc(CN(C)C)c4)n[nH]c3c2)C1=O. The molecule has 3 unspecified atom stereocenters. The van der Waals surface area contributed by atoms with E-state index in [1.165, 1.54) is 27.8 Å². The first-order valence-corrected chi connectivity index (χ1v) is 13.0. The van der Waals surface area contributed by atoms with Gasteiger partial charge in [-0.25, -0.2) is 0 Å². The van der Waals surface area contributed by atoms with Crippen LogP contribution >= 0.6 is 0 Å². The van der Waals surface area contributed by atoms with Gasteiger partial charge in [0, 0.05) is 23.8 Å². The Hall–Kier alpha value is -3.50. The number of H-pyrrole nitrogens is 1. The molecule has 2 aliphatic carbocycles. The molecule has 0 aliphatic heterocycles. The van der Waals surface area contributed by atoms with E-state index in [0.717, 1.165) is 42.4 Å². The molecule has 4 heteroatoms. The number of hydrogen-bond acceptors (Lipinski definition) is 3. The summed E-state index contributed by atoms with van der Waals surface area (Å²) in [5.41, 5.74) is 7.93. The van der Waals surface area contributed by atoms with Crippen LogP contribution in [0.25, 0.3) is 23.1 Å². The van der Waals surface area contributed by atoms with Crippen molar-refractivity contribution < 1.29 is 4.79 Å². The second kappa shape index (κ2) is 8.86. The molecule has 36 heavy (non-hydrogen) atoms. The fourth-order valence-electron chi connectivity index (χ4n) is 6.29. The highest BCUT2D eigenvalue weighted by molar-refractivity contribution is 5.99. The van der Waals surface area contributed by atoms with E-state index < -0.39 is 0 Å². The van der Waals surface area contributed by atoms with Crippen LogP contribution in [0.1, 0.15) is 59.2 Å². The van der Waals surface area contributed by atoms with Crippen LogP contribution in [0.4, 0.5) is 0 Å². The normalized spacial score (nSPS) is 23.2. The summed E-state index contributed by atoms with van der Waals surface area (Å²) in [7, 11) is 4.17. The molecule has 1 N–H and O–H groups in total. The minimum absolute atomic E-state index is 0.133. The van der Waals surface area contributed by atoms with Crippen molar-refractivity contribution in [3.05, 3.63) is 100 Å². The number of fused-ring (bicyclic) bond motifs is 3. The zero-order valence-electron chi connectivity index (χ0n) is 21.3. The second-order valence-corrected chi connectivity index (χ2v) is 10.8. The lowest BCUT2D eigenvalue weighted by Gasteiger charge is -2.31. The molecule has 4 aromatic rings. The summed E-state index contributed by atoms with van der Waals surface area (Å²) < 4.78 is 0. The Morgan fingerprint density at radius 3 is 2.75 bits per heavy atom. The van der Waals surface area contributed by atoms with E-state index in [1.807, 2.05) is 0 Å². The van der Waals surface area contributed by atoms with Crippen molar-refractivity contribution in [3.63, 3.8) is 0 Å². The molecule has 6 rings (SSSR count). The van der Waals surface area contributed by atoms with Gasteiger partial charge in [0.2, 0.25) is 0 Å². The molecule has 0 amide bonds. The van der Waals surface area contributed by atoms with Crippen LogP contribution in [0, 0.1) is 5.92 Å². The Kier molecular flexibility index (Phi) is 5.65. The van der Waals surface area contributed by atoms with Gasteiger partial charge in [0.05, 0.1) is 16.6 Å². The first-order valence-electron chi connectivity index (χ1n) is 13.0. The molecule has 1 heterocycles. The number of aromatic amines is 1. The third-order valence-electron chi connectivity index (χ3n) is 8.13. The van der Waals surface area contributed by atoms with Gasteiger partial charge >= 0.3 is 0 Å². The van der Waals surface area contributed by atoms with Crippen molar-refractivity contribution in [3.8, 4) is 0 Å². The Bertz CT molecular complexity index is 1480. The number of rotatable bonds is 6. The van der Waals surface area contributed by atoms with Gasteiger partial charge in [-0.1, -0.05) is 73.7 Å². The molecule has 0 saturated heterocycles. The largest absolute Gasteiger partial charge is 0.305 e. The maximum absolute atomic E-state index is 13.6. The maximum atomic E-state index is 13.6. The fourth-order valence-corrected chi connectivity index (χ4v) is 6.29. The Morgan fingerprint density at radius 1 is 1.06 bits per heavy atom. The number of nitrogens with zero attached hydrogens (tertiary/aromatic N) is 2. The van der Waals surface area contributed by atoms with E-state index >= 15 is 0 Å². The first-order chi connectivity index (χ1) is 17.5. The third kappa shape index (κ3) is 3.81. The molecular weight excluding hydrogens is 442 g/mol. The summed E-state index contributed by atoms with van der Waals surface area (Å²) in [6.07, 6.45) is 6.91. The molecule has 1 spiro atoms. The molecule has 0 radical (unpaired) electrons. The molecule has 1 aromatic heterocycles. The van der Waals surface area contributed by atoms with E-state index in [-0.39, 0.29) is 17.3 Å². The molecule has 4 nitrogen and oxygen atoms in total. The Balaban J connectivity index is 1.28. The third-order valence-corrected chi connectivity index (χ3v) is 8.13. The van der Waals surface area contributed by atoms with Gasteiger partial charge in [-0.15, -0.1) is 0 Å². The summed E-state index contributed by atoms with van der Waals surface area (Å²) in [5.74, 6) is 0.818. The highest BCUT2D eigenvalue weighted by Crippen LogP contribution is 2.64. The fraction of sp³-hybridized carbons (Fsp3) is 0.312. The van der Waals surface area contributed by atoms with Crippen molar-refractivity contribution in [1.82, 2.24) is 15.1 Å². The molecule has 1 saturated carbocycles. The highest BCUT2D eigenvalue weighted by Gasteiger charge is 2.64. The van der Waals surface area contributed by atoms with E-state index in [2.05, 4.69) is 115 Å². The van der Waals surface area contributed by atoms with E-state index in [4.69, 9.17) is 0 Å². The van der Waals surface area contributed by atoms with Crippen LogP contribution < -0.4 is 0 Å². The van der Waals surface area contributed by atoms with Crippen molar-refractivity contribution in [2.45, 2.75) is 44.1 Å². The van der Waals surface area contributed by atoms with Gasteiger partial charge in [-0.3, -0.25) is 9.89 Å². The predicted molar refractivity (Wildman–Crippen MR) is 147 cm³/mol. The van der Waals surface area contributed by atoms with Gasteiger partial charge in [0.1, 0.15) is 5.78 Å². The summed E-state index contributed by atoms with van der Waals surface area (Å²) in [5, 5.41) is 8.94. The lowest BCUT2D eigenvalue weighted by molar-refractivity contribution is -0.126. The standard InChI is InChI=1S/C32H33N3O/c1-4-23-17-24-10-5-6-11-27(24)32(31(23)36)19-28(32)25-13-14-26-29(33-34-30(26)18-25)15-12-21-8-7-9-22(16-21)20-35(2)3/h5-16,18,23,28H,4,17,19-20H2,1-3H3,(H,33,34)/b15-12+. The Labute approximate surface area is 213 Å². The summed E-state index contributed by atoms with van der Waals surface area (Å²) in [6, 6.07) is 23.8. The molecule has 2 aliphatic rings. The van der Waals surface area contributed by atoms with Gasteiger partial charge < -0.3 is 4.90 Å². The average Bonchev–Trinajstić information content (AvgIpc) is 3.50. The van der Waals surface area contributed by atoms with Crippen LogP contribution in [-0.2, 0) is 23.2 Å². The zero-order chi connectivity index (χ0) is 24.9. The summed E-state index contributed by atoms with van der Waals surface area (Å²) in [4.78, 5) is 15.8. The summed E-state index contributed by atoms with van der Waals surface area (Å²) in [6.45, 7) is 3.07. The number of benzene rings is 3. The van der Waals surface area contributed by atoms with Crippen LogP contribution in [0.5, 0.6) is 0 Å². The van der Waals surface area contributed by atoms with Crippen molar-refractivity contribution in [1.29, 1.82) is 0 Å². The smallest absolute Gasteiger partial charge is 0.147 e. The minimum atomic E-state index is -0.344. The number of nitrogens with one attached hydrogen (secondary N) is 1. The average molecular weight is 476 g/mol. The van der Waals surface area contributed by atoms with Crippen molar-refractivity contribution in [2.24, 2.45) is 5.92 Å². The van der Waals surface area contributed by atoms with Crippen molar-refractivity contribution in [2.75, 3.05) is 14.1 Å². The number of carbonyl (C=O) groups excluding carboxylic acids is 1. The van der Waals surface area contributed by atoms with Gasteiger partial charge in [-0.05, 0) is 73.3 Å². The van der Waals surface area contributed by atoms with Crippen LogP contribution in [0.2, 0.25) is 0 Å². The maximum Gasteiger partial charge on any atom is 0.147 e. The Morgan fingerprint density at radius 2 is 1.92 bits per heavy atom. The monoisotopic (exact) mass is 475 g/mol. The minimum Gasteiger partial charge on any atom is -0.305 e. The highest BCUT2D eigenvalue weighted by atomic mass is 16.1. The van der Waals surface area contributed by atoms with Crippen LogP contribution in [0.15, 0.2) is 66.7 Å². The second-order valence-electron chi connectivity index (χ2n) is 10.8. The number of carbonyl (C=O) groups is 1. The number of hydrogen-bond donors (Lipinski definition) is 1. The van der Waals surface area contributed by atoms with Crippen LogP contribution in [-0.4, -0.2) is 35.0 Å². The van der Waals surface area contributed by atoms with Gasteiger partial charge in [-0.2, -0.15) is 5.10 Å². The zero-order valence-corrected chi connectivity index (χ0v) is 21.3. The molecule has 182 valence electrons. The molecule has 1 fully saturated rings. The summed E-state index contributed by atoms with van der Waals surface area (Å²) >= 11 is 0. The van der Waals surface area contributed by atoms with Gasteiger partial charge in [0.15, 0.2) is 0 Å². The molecule has 3 atom stereocenters. The number of ketones is 1. The molecule has 3 aromatic carbocycles. The number of Topliss-reactive ketones (excluding diaryl/α,β-unsaturated/α-hetero) is 1. The quantitative estimate of drug-likeness (QED) is 0.352. The van der Waals surface area contributed by atoms with E-state index in [0.29, 0.717) is 5.78 Å². The van der Waals surface area contributed by atoms with Crippen molar-refractivity contribution >= 4 is 28.8 Å². The molecule has 0 bridgehead atoms. The van der Waals surface area contributed by atoms with Crippen LogP contribution in [0.3, 0.4) is 0 Å². The predicted octanol–water partition coefficient (Wildman–Crippen LogP) is 6.37. The van der Waals surface area contributed by atoms with Gasteiger partial charge in [0.25, 0.3) is 0 Å². The first kappa shape index (κ1) is 22.9. The lowest BCUT2D eigenvalue weighted by atomic mass is 9.71. The topological polar surface area (TPSA) is 49.0 Å². The number of aromatic nitrogens is 2. The van der Waals surface area contributed by atoms with E-state index in [1.54, 1.807) is 0 Å². The molecular formula is C32H33N3O.